The molecule has 10 heteroatoms. The Labute approximate surface area is 234 Å². The lowest BCUT2D eigenvalue weighted by Crippen LogP contribution is -2.50. The summed E-state index contributed by atoms with van der Waals surface area (Å²) in [5, 5.41) is 21.1. The molecule has 0 aromatic heterocycles. The largest absolute Gasteiger partial charge is 0.481 e. The van der Waals surface area contributed by atoms with Crippen LogP contribution in [-0.2, 0) is 35.1 Å². The monoisotopic (exact) mass is 554 g/mol. The molecule has 0 bridgehead atoms. The Bertz CT molecular complexity index is 1160. The lowest BCUT2D eigenvalue weighted by Gasteiger charge is -2.44. The van der Waals surface area contributed by atoms with Crippen molar-refractivity contribution in [3.05, 3.63) is 65.2 Å². The Hall–Kier alpha value is -2.86. The van der Waals surface area contributed by atoms with Crippen LogP contribution in [0.2, 0.25) is 0 Å². The highest BCUT2D eigenvalue weighted by atomic mass is 16.7. The summed E-state index contributed by atoms with van der Waals surface area (Å²) in [5.74, 6) is -1.77. The van der Waals surface area contributed by atoms with E-state index < -0.39 is 18.0 Å². The number of benzene rings is 2. The molecule has 2 aromatic carbocycles. The fraction of sp³-hybridized carbons (Fsp3) is 0.533. The normalized spacial score (nSPS) is 26.6. The summed E-state index contributed by atoms with van der Waals surface area (Å²) in [7, 11) is 0. The number of nitrogens with zero attached hydrogens (tertiary/aromatic N) is 1. The van der Waals surface area contributed by atoms with Crippen molar-refractivity contribution in [3.8, 4) is 0 Å². The number of aliphatic hydroxyl groups is 1. The second-order valence-corrected chi connectivity index (χ2v) is 10.8. The zero-order chi connectivity index (χ0) is 28.1. The van der Waals surface area contributed by atoms with Gasteiger partial charge in [0.25, 0.3) is 0 Å². The molecule has 3 N–H and O–H groups in total. The van der Waals surface area contributed by atoms with Gasteiger partial charge in [0.2, 0.25) is 5.91 Å². The molecule has 10 nitrogen and oxygen atoms in total. The van der Waals surface area contributed by atoms with Gasteiger partial charge in [-0.25, -0.2) is 0 Å². The summed E-state index contributed by atoms with van der Waals surface area (Å²) in [5.41, 5.74) is 3.15. The molecule has 3 aliphatic heterocycles. The lowest BCUT2D eigenvalue weighted by atomic mass is 9.89. The molecular formula is C30H38N2O8. The van der Waals surface area contributed by atoms with Crippen LogP contribution in [0.4, 0.5) is 5.69 Å². The average Bonchev–Trinajstić information content (AvgIpc) is 3.42. The summed E-state index contributed by atoms with van der Waals surface area (Å²) >= 11 is 0. The lowest BCUT2D eigenvalue weighted by molar-refractivity contribution is -0.278. The van der Waals surface area contributed by atoms with Gasteiger partial charge < -0.3 is 39.4 Å². The maximum Gasteiger partial charge on any atom is 0.303 e. The predicted molar refractivity (Wildman–Crippen MR) is 145 cm³/mol. The molecule has 1 spiro atoms. The van der Waals surface area contributed by atoms with E-state index >= 15 is 0 Å². The minimum atomic E-state index is -1.02. The van der Waals surface area contributed by atoms with Crippen LogP contribution in [0.15, 0.2) is 48.5 Å². The van der Waals surface area contributed by atoms with Crippen LogP contribution in [0.25, 0.3) is 0 Å². The number of hydrogen-bond donors (Lipinski definition) is 3. The molecule has 3 aliphatic rings. The van der Waals surface area contributed by atoms with E-state index in [2.05, 4.69) is 17.1 Å². The number of ether oxygens (including phenoxy) is 4. The Kier molecular flexibility index (Phi) is 9.14. The van der Waals surface area contributed by atoms with Crippen molar-refractivity contribution in [2.24, 2.45) is 5.92 Å². The second-order valence-electron chi connectivity index (χ2n) is 10.8. The van der Waals surface area contributed by atoms with E-state index in [9.17, 15) is 14.7 Å². The third-order valence-corrected chi connectivity index (χ3v) is 8.00. The van der Waals surface area contributed by atoms with Gasteiger partial charge in [-0.2, -0.15) is 0 Å². The zero-order valence-corrected chi connectivity index (χ0v) is 22.8. The third kappa shape index (κ3) is 6.88. The topological polar surface area (TPSA) is 127 Å². The summed E-state index contributed by atoms with van der Waals surface area (Å²) < 4.78 is 24.9. The van der Waals surface area contributed by atoms with Crippen LogP contribution < -0.4 is 5.32 Å². The van der Waals surface area contributed by atoms with Crippen molar-refractivity contribution in [1.29, 1.82) is 0 Å². The van der Waals surface area contributed by atoms with Crippen molar-refractivity contribution in [2.75, 3.05) is 38.2 Å². The molecule has 0 radical (unpaired) electrons. The second kappa shape index (κ2) is 12.8. The van der Waals surface area contributed by atoms with E-state index in [0.29, 0.717) is 18.9 Å². The minimum absolute atomic E-state index is 0.0232. The number of carboxylic acid groups (broad SMARTS) is 1. The number of rotatable bonds is 9. The first kappa shape index (κ1) is 28.7. The summed E-state index contributed by atoms with van der Waals surface area (Å²) in [4.78, 5) is 25.4. The van der Waals surface area contributed by atoms with Crippen molar-refractivity contribution < 1.29 is 38.7 Å². The van der Waals surface area contributed by atoms with Crippen molar-refractivity contribution in [1.82, 2.24) is 4.90 Å². The SMILES string of the molecule is C[C@H]1[C@@H](CN2CCC3(CC2)OCCO3)O[C@@H](c2cccc(NC(=O)CCC(=O)O)c2)O[C@H]1c1ccc(CO)cc1. The molecule has 4 atom stereocenters. The molecule has 5 rings (SSSR count). The summed E-state index contributed by atoms with van der Waals surface area (Å²) in [6.45, 7) is 5.85. The average molecular weight is 555 g/mol. The number of piperidine rings is 1. The van der Waals surface area contributed by atoms with E-state index in [1.807, 2.05) is 42.5 Å². The summed E-state index contributed by atoms with van der Waals surface area (Å²) in [6, 6.07) is 15.1. The fourth-order valence-electron chi connectivity index (χ4n) is 5.65. The quantitative estimate of drug-likeness (QED) is 0.426. The van der Waals surface area contributed by atoms with Gasteiger partial charge in [0.05, 0.1) is 38.4 Å². The highest BCUT2D eigenvalue weighted by Gasteiger charge is 2.43. The molecule has 0 unspecified atom stereocenters. The molecule has 0 aliphatic carbocycles. The van der Waals surface area contributed by atoms with Crippen molar-refractivity contribution in [2.45, 2.75) is 63.5 Å². The Morgan fingerprint density at radius 3 is 2.40 bits per heavy atom. The maximum absolute atomic E-state index is 12.2. The van der Waals surface area contributed by atoms with E-state index in [1.165, 1.54) is 0 Å². The Morgan fingerprint density at radius 2 is 1.73 bits per heavy atom. The molecule has 3 heterocycles. The molecule has 1 amide bonds. The minimum Gasteiger partial charge on any atom is -0.481 e. The number of hydrogen-bond acceptors (Lipinski definition) is 8. The number of carbonyl (C=O) groups is 2. The van der Waals surface area contributed by atoms with Gasteiger partial charge in [-0.3, -0.25) is 9.59 Å². The van der Waals surface area contributed by atoms with Crippen LogP contribution >= 0.6 is 0 Å². The summed E-state index contributed by atoms with van der Waals surface area (Å²) in [6.07, 6.45) is 0.268. The maximum atomic E-state index is 12.2. The molecule has 3 fully saturated rings. The number of amides is 1. The van der Waals surface area contributed by atoms with Crippen LogP contribution in [0, 0.1) is 5.92 Å². The third-order valence-electron chi connectivity index (χ3n) is 8.00. The zero-order valence-electron chi connectivity index (χ0n) is 22.8. The first-order chi connectivity index (χ1) is 19.3. The van der Waals surface area contributed by atoms with Gasteiger partial charge in [0.1, 0.15) is 0 Å². The standard InChI is InChI=1S/C30H38N2O8/c1-20-25(18-32-13-11-30(12-14-32)37-15-16-38-30)39-29(40-28(20)22-7-5-21(19-33)6-8-22)23-3-2-4-24(17-23)31-26(34)9-10-27(35)36/h2-8,17,20,25,28-29,33H,9-16,18-19H2,1H3,(H,31,34)(H,35,36)/t20-,25+,28+,29+/m0/s1. The molecular weight excluding hydrogens is 516 g/mol. The van der Waals surface area contributed by atoms with E-state index in [-0.39, 0.29) is 43.5 Å². The highest BCUT2D eigenvalue weighted by Crippen LogP contribution is 2.42. The molecule has 40 heavy (non-hydrogen) atoms. The van der Waals surface area contributed by atoms with Gasteiger partial charge >= 0.3 is 5.97 Å². The van der Waals surface area contributed by atoms with E-state index in [0.717, 1.165) is 49.2 Å². The highest BCUT2D eigenvalue weighted by molar-refractivity contribution is 5.92. The van der Waals surface area contributed by atoms with Crippen LogP contribution in [0.5, 0.6) is 0 Å². The molecule has 0 saturated carbocycles. The van der Waals surface area contributed by atoms with E-state index in [4.69, 9.17) is 24.1 Å². The van der Waals surface area contributed by atoms with Crippen LogP contribution in [-0.4, -0.2) is 71.7 Å². The number of carboxylic acids is 1. The Morgan fingerprint density at radius 1 is 1.00 bits per heavy atom. The number of nitrogens with one attached hydrogen (secondary N) is 1. The predicted octanol–water partition coefficient (Wildman–Crippen LogP) is 3.61. The number of aliphatic hydroxyl groups excluding tert-OH is 1. The van der Waals surface area contributed by atoms with Gasteiger partial charge in [-0.15, -0.1) is 0 Å². The smallest absolute Gasteiger partial charge is 0.303 e. The first-order valence-corrected chi connectivity index (χ1v) is 14.0. The number of likely N-dealkylation sites (tertiary alicyclic amines) is 1. The Balaban J connectivity index is 1.33. The first-order valence-electron chi connectivity index (χ1n) is 14.0. The fourth-order valence-corrected chi connectivity index (χ4v) is 5.65. The van der Waals surface area contributed by atoms with Crippen molar-refractivity contribution in [3.63, 3.8) is 0 Å². The van der Waals surface area contributed by atoms with E-state index in [1.54, 1.807) is 6.07 Å². The van der Waals surface area contributed by atoms with Gasteiger partial charge in [0, 0.05) is 56.1 Å². The molecule has 2 aromatic rings. The number of aliphatic carboxylic acids is 1. The van der Waals surface area contributed by atoms with Gasteiger partial charge in [-0.1, -0.05) is 43.3 Å². The van der Waals surface area contributed by atoms with Crippen LogP contribution in [0.3, 0.4) is 0 Å². The van der Waals surface area contributed by atoms with Crippen molar-refractivity contribution >= 4 is 17.6 Å². The number of carbonyl (C=O) groups excluding carboxylic acids is 1. The van der Waals surface area contributed by atoms with Gasteiger partial charge in [0.15, 0.2) is 12.1 Å². The molecule has 3 saturated heterocycles. The van der Waals surface area contributed by atoms with Crippen LogP contribution in [0.1, 0.15) is 61.7 Å². The molecule has 216 valence electrons. The number of anilines is 1. The van der Waals surface area contributed by atoms with Gasteiger partial charge in [-0.05, 0) is 23.3 Å².